The molecule has 27 heavy (non-hydrogen) atoms. The maximum atomic E-state index is 12.8. The van der Waals surface area contributed by atoms with Crippen LogP contribution in [0.25, 0.3) is 10.8 Å². The second-order valence-electron chi connectivity index (χ2n) is 8.12. The van der Waals surface area contributed by atoms with Crippen molar-refractivity contribution in [1.82, 2.24) is 4.98 Å². The van der Waals surface area contributed by atoms with E-state index >= 15 is 0 Å². The zero-order chi connectivity index (χ0) is 20.4. The van der Waals surface area contributed by atoms with Crippen LogP contribution in [0.4, 0.5) is 21.1 Å². The summed E-state index contributed by atoms with van der Waals surface area (Å²) in [4.78, 5) is 30.8. The monoisotopic (exact) mass is 373 g/mol. The first-order chi connectivity index (χ1) is 12.4. The number of amides is 2. The Labute approximate surface area is 159 Å². The number of nitrogens with one attached hydrogen (secondary N) is 1. The van der Waals surface area contributed by atoms with Gasteiger partial charge in [0.15, 0.2) is 5.82 Å². The SMILES string of the molecule is CNc1ccc2ccnc(N(C(=O)OC(C)(C)C)C(=O)OC(C)(C)C)c2c1. The average molecular weight is 373 g/mol. The first kappa shape index (κ1) is 20.5. The molecule has 7 nitrogen and oxygen atoms in total. The van der Waals surface area contributed by atoms with E-state index in [2.05, 4.69) is 10.3 Å². The molecule has 146 valence electrons. The standard InChI is InChI=1S/C20H27N3O4/c1-19(2,3)26-17(24)23(18(25)27-20(4,5)6)16-15-12-14(21-7)9-8-13(15)10-11-22-16/h8-12,21H,1-7H3. The Morgan fingerprint density at radius 1 is 0.963 bits per heavy atom. The number of rotatable bonds is 2. The molecule has 0 atom stereocenters. The highest BCUT2D eigenvalue weighted by molar-refractivity contribution is 6.14. The predicted octanol–water partition coefficient (Wildman–Crippen LogP) is 4.95. The number of carbonyl (C=O) groups is 2. The maximum absolute atomic E-state index is 12.8. The summed E-state index contributed by atoms with van der Waals surface area (Å²) in [7, 11) is 1.79. The van der Waals surface area contributed by atoms with Gasteiger partial charge in [-0.2, -0.15) is 4.90 Å². The highest BCUT2D eigenvalue weighted by Gasteiger charge is 2.34. The van der Waals surface area contributed by atoms with Gasteiger partial charge in [0.25, 0.3) is 0 Å². The van der Waals surface area contributed by atoms with Gasteiger partial charge in [0.1, 0.15) is 11.2 Å². The van der Waals surface area contributed by atoms with E-state index in [-0.39, 0.29) is 5.82 Å². The van der Waals surface area contributed by atoms with Crippen LogP contribution < -0.4 is 10.2 Å². The third-order valence-corrected chi connectivity index (χ3v) is 3.40. The van der Waals surface area contributed by atoms with Crippen LogP contribution >= 0.6 is 0 Å². The summed E-state index contributed by atoms with van der Waals surface area (Å²) in [5, 5.41) is 4.50. The number of benzene rings is 1. The topological polar surface area (TPSA) is 80.8 Å². The van der Waals surface area contributed by atoms with E-state index in [0.29, 0.717) is 5.39 Å². The number of nitrogens with zero attached hydrogens (tertiary/aromatic N) is 2. The van der Waals surface area contributed by atoms with Crippen LogP contribution in [0, 0.1) is 0 Å². The minimum Gasteiger partial charge on any atom is -0.443 e. The number of anilines is 2. The Balaban J connectivity index is 2.60. The molecule has 0 aliphatic rings. The molecule has 1 aromatic heterocycles. The Morgan fingerprint density at radius 3 is 2.00 bits per heavy atom. The van der Waals surface area contributed by atoms with Gasteiger partial charge in [-0.1, -0.05) is 6.07 Å². The van der Waals surface area contributed by atoms with Crippen LogP contribution in [0.1, 0.15) is 41.5 Å². The highest BCUT2D eigenvalue weighted by Crippen LogP contribution is 2.29. The molecule has 1 heterocycles. The molecular formula is C20H27N3O4. The third kappa shape index (κ3) is 5.32. The largest absolute Gasteiger partial charge is 0.443 e. The summed E-state index contributed by atoms with van der Waals surface area (Å²) in [6.45, 7) is 10.4. The van der Waals surface area contributed by atoms with E-state index in [1.807, 2.05) is 18.2 Å². The molecule has 0 aliphatic heterocycles. The Hall–Kier alpha value is -2.83. The van der Waals surface area contributed by atoms with Crippen LogP contribution in [0.3, 0.4) is 0 Å². The summed E-state index contributed by atoms with van der Waals surface area (Å²) in [5.41, 5.74) is -0.735. The van der Waals surface area contributed by atoms with Crippen LogP contribution in [0.5, 0.6) is 0 Å². The van der Waals surface area contributed by atoms with Crippen molar-refractivity contribution in [3.63, 3.8) is 0 Å². The fourth-order valence-corrected chi connectivity index (χ4v) is 2.35. The minimum absolute atomic E-state index is 0.160. The number of fused-ring (bicyclic) bond motifs is 1. The van der Waals surface area contributed by atoms with Crippen molar-refractivity contribution >= 4 is 34.5 Å². The summed E-state index contributed by atoms with van der Waals surface area (Å²) >= 11 is 0. The summed E-state index contributed by atoms with van der Waals surface area (Å²) < 4.78 is 10.9. The molecule has 0 fully saturated rings. The second kappa shape index (κ2) is 7.42. The Kier molecular flexibility index (Phi) is 5.63. The van der Waals surface area contributed by atoms with Crippen LogP contribution in [0.15, 0.2) is 30.5 Å². The van der Waals surface area contributed by atoms with E-state index < -0.39 is 23.4 Å². The van der Waals surface area contributed by atoms with Gasteiger partial charge in [-0.05, 0) is 65.1 Å². The van der Waals surface area contributed by atoms with Gasteiger partial charge in [0.05, 0.1) is 0 Å². The molecule has 1 aromatic carbocycles. The zero-order valence-corrected chi connectivity index (χ0v) is 16.9. The van der Waals surface area contributed by atoms with Crippen molar-refractivity contribution < 1.29 is 19.1 Å². The maximum Gasteiger partial charge on any atom is 0.425 e. The molecule has 2 amide bonds. The van der Waals surface area contributed by atoms with Crippen molar-refractivity contribution in [3.05, 3.63) is 30.5 Å². The quantitative estimate of drug-likeness (QED) is 0.802. The summed E-state index contributed by atoms with van der Waals surface area (Å²) in [5.74, 6) is 0.160. The number of imide groups is 1. The second-order valence-corrected chi connectivity index (χ2v) is 8.12. The van der Waals surface area contributed by atoms with Crippen LogP contribution in [-0.2, 0) is 9.47 Å². The number of aromatic nitrogens is 1. The molecule has 7 heteroatoms. The van der Waals surface area contributed by atoms with Crippen molar-refractivity contribution in [1.29, 1.82) is 0 Å². The van der Waals surface area contributed by atoms with Crippen molar-refractivity contribution in [3.8, 4) is 0 Å². The lowest BCUT2D eigenvalue weighted by Crippen LogP contribution is -2.44. The lowest BCUT2D eigenvalue weighted by molar-refractivity contribution is 0.0429. The van der Waals surface area contributed by atoms with Gasteiger partial charge in [0.2, 0.25) is 0 Å². The Bertz CT molecular complexity index is 822. The van der Waals surface area contributed by atoms with E-state index in [4.69, 9.17) is 9.47 Å². The molecule has 0 radical (unpaired) electrons. The van der Waals surface area contributed by atoms with Gasteiger partial charge >= 0.3 is 12.2 Å². The fraction of sp³-hybridized carbons (Fsp3) is 0.450. The lowest BCUT2D eigenvalue weighted by atomic mass is 10.1. The van der Waals surface area contributed by atoms with Gasteiger partial charge in [0, 0.05) is 24.3 Å². The van der Waals surface area contributed by atoms with Crippen molar-refractivity contribution in [2.24, 2.45) is 0 Å². The molecule has 1 N–H and O–H groups in total. The molecule has 2 rings (SSSR count). The Morgan fingerprint density at radius 2 is 1.52 bits per heavy atom. The van der Waals surface area contributed by atoms with E-state index in [1.54, 1.807) is 60.9 Å². The number of ether oxygens (including phenoxy) is 2. The summed E-state index contributed by atoms with van der Waals surface area (Å²) in [6.07, 6.45) is -0.142. The molecular weight excluding hydrogens is 346 g/mol. The van der Waals surface area contributed by atoms with E-state index in [1.165, 1.54) is 0 Å². The first-order valence-electron chi connectivity index (χ1n) is 8.74. The molecule has 0 saturated heterocycles. The number of hydrogen-bond donors (Lipinski definition) is 1. The molecule has 0 spiro atoms. The molecule has 0 aliphatic carbocycles. The first-order valence-corrected chi connectivity index (χ1v) is 8.74. The lowest BCUT2D eigenvalue weighted by Gasteiger charge is -2.28. The minimum atomic E-state index is -0.841. The average Bonchev–Trinajstić information content (AvgIpc) is 2.51. The van der Waals surface area contributed by atoms with Gasteiger partial charge < -0.3 is 14.8 Å². The zero-order valence-electron chi connectivity index (χ0n) is 16.9. The number of hydrogen-bond acceptors (Lipinski definition) is 6. The van der Waals surface area contributed by atoms with Crippen molar-refractivity contribution in [2.75, 3.05) is 17.3 Å². The van der Waals surface area contributed by atoms with Gasteiger partial charge in [-0.25, -0.2) is 14.6 Å². The van der Waals surface area contributed by atoms with Crippen LogP contribution in [0.2, 0.25) is 0 Å². The van der Waals surface area contributed by atoms with Gasteiger partial charge in [-0.15, -0.1) is 0 Å². The van der Waals surface area contributed by atoms with Gasteiger partial charge in [-0.3, -0.25) is 0 Å². The molecule has 0 bridgehead atoms. The van der Waals surface area contributed by atoms with Crippen molar-refractivity contribution in [2.45, 2.75) is 52.7 Å². The number of pyridine rings is 1. The highest BCUT2D eigenvalue weighted by atomic mass is 16.6. The summed E-state index contributed by atoms with van der Waals surface area (Å²) in [6, 6.07) is 7.41. The smallest absolute Gasteiger partial charge is 0.425 e. The normalized spacial score (nSPS) is 11.8. The van der Waals surface area contributed by atoms with Crippen LogP contribution in [-0.4, -0.2) is 35.4 Å². The molecule has 0 saturated carbocycles. The molecule has 0 unspecified atom stereocenters. The fourth-order valence-electron chi connectivity index (χ4n) is 2.35. The third-order valence-electron chi connectivity index (χ3n) is 3.40. The predicted molar refractivity (Wildman–Crippen MR) is 106 cm³/mol. The van der Waals surface area contributed by atoms with E-state index in [9.17, 15) is 9.59 Å². The molecule has 2 aromatic rings. The number of carbonyl (C=O) groups excluding carboxylic acids is 2. The van der Waals surface area contributed by atoms with E-state index in [0.717, 1.165) is 16.0 Å².